The van der Waals surface area contributed by atoms with Crippen molar-refractivity contribution in [2.24, 2.45) is 0 Å². The van der Waals surface area contributed by atoms with Crippen molar-refractivity contribution in [2.45, 2.75) is 13.3 Å². The quantitative estimate of drug-likeness (QED) is 0.722. The summed E-state index contributed by atoms with van der Waals surface area (Å²) in [5, 5.41) is -1.19. The van der Waals surface area contributed by atoms with Gasteiger partial charge < -0.3 is 0 Å². The predicted octanol–water partition coefficient (Wildman–Crippen LogP) is 2.85. The maximum Gasteiger partial charge on any atom is 0.280 e. The minimum absolute atomic E-state index is 0.0147. The summed E-state index contributed by atoms with van der Waals surface area (Å²) in [5.74, 6) is -0.994. The number of pyridine rings is 1. The van der Waals surface area contributed by atoms with E-state index in [1.807, 2.05) is 0 Å². The van der Waals surface area contributed by atoms with Crippen LogP contribution in [0.1, 0.15) is 28.2 Å². The van der Waals surface area contributed by atoms with Gasteiger partial charge in [0.2, 0.25) is 0 Å². The van der Waals surface area contributed by atoms with Crippen LogP contribution in [0.3, 0.4) is 0 Å². The summed E-state index contributed by atoms with van der Waals surface area (Å²) in [4.78, 5) is 13.7. The average molecular weight is 224 g/mol. The lowest BCUT2D eigenvalue weighted by atomic mass is 10.2. The third kappa shape index (κ3) is 2.04. The minimum Gasteiger partial charge on any atom is -0.274 e. The molecular weight excluding hydrogens is 219 g/mol. The Morgan fingerprint density at radius 1 is 1.57 bits per heavy atom. The lowest BCUT2D eigenvalue weighted by Crippen LogP contribution is -2.05. The minimum atomic E-state index is -2.86. The zero-order valence-electron chi connectivity index (χ0n) is 7.02. The molecule has 0 fully saturated rings. The molecular formula is C8H5ClF3NO. The van der Waals surface area contributed by atoms with Gasteiger partial charge >= 0.3 is 0 Å². The second-order valence-corrected chi connectivity index (χ2v) is 2.94. The molecule has 0 bridgehead atoms. The van der Waals surface area contributed by atoms with E-state index in [2.05, 4.69) is 4.98 Å². The van der Waals surface area contributed by atoms with Gasteiger partial charge in [-0.05, 0) is 30.2 Å². The van der Waals surface area contributed by atoms with Crippen LogP contribution in [0.25, 0.3) is 0 Å². The van der Waals surface area contributed by atoms with Crippen LogP contribution in [0.5, 0.6) is 0 Å². The number of halogens is 4. The van der Waals surface area contributed by atoms with Gasteiger partial charge in [-0.25, -0.2) is 18.2 Å². The number of alkyl halides is 2. The molecule has 14 heavy (non-hydrogen) atoms. The predicted molar refractivity (Wildman–Crippen MR) is 44.1 cm³/mol. The molecule has 1 aromatic heterocycles. The Balaban J connectivity index is 3.34. The third-order valence-corrected chi connectivity index (χ3v) is 1.78. The van der Waals surface area contributed by atoms with E-state index >= 15 is 0 Å². The molecule has 1 heterocycles. The standard InChI is InChI=1S/C8H5ClF3NO/c1-3-2-4(10)6(7(9)14)13-5(3)8(11)12/h2,8H,1H3. The Morgan fingerprint density at radius 3 is 2.57 bits per heavy atom. The summed E-state index contributed by atoms with van der Waals surface area (Å²) >= 11 is 4.95. The third-order valence-electron chi connectivity index (χ3n) is 1.60. The van der Waals surface area contributed by atoms with Gasteiger partial charge in [-0.1, -0.05) is 0 Å². The van der Waals surface area contributed by atoms with Crippen molar-refractivity contribution < 1.29 is 18.0 Å². The summed E-state index contributed by atoms with van der Waals surface area (Å²) in [6, 6.07) is 0.810. The maximum atomic E-state index is 12.9. The lowest BCUT2D eigenvalue weighted by Gasteiger charge is -2.05. The Hall–Kier alpha value is -1.10. The van der Waals surface area contributed by atoms with Gasteiger partial charge in [0, 0.05) is 0 Å². The number of carbonyl (C=O) groups excluding carboxylic acids is 1. The Kier molecular flexibility index (Phi) is 3.10. The zero-order chi connectivity index (χ0) is 10.9. The summed E-state index contributed by atoms with van der Waals surface area (Å²) in [6.45, 7) is 1.28. The fourth-order valence-corrected chi connectivity index (χ4v) is 1.09. The molecule has 0 aliphatic rings. The lowest BCUT2D eigenvalue weighted by molar-refractivity contribution is 0.107. The summed E-state index contributed by atoms with van der Waals surface area (Å²) in [7, 11) is 0. The molecule has 1 aromatic rings. The van der Waals surface area contributed by atoms with Crippen molar-refractivity contribution >= 4 is 16.8 Å². The largest absolute Gasteiger partial charge is 0.280 e. The van der Waals surface area contributed by atoms with Crippen LogP contribution in [-0.2, 0) is 0 Å². The Morgan fingerprint density at radius 2 is 2.14 bits per heavy atom. The van der Waals surface area contributed by atoms with E-state index in [0.29, 0.717) is 0 Å². The summed E-state index contributed by atoms with van der Waals surface area (Å²) in [5.41, 5.74) is -1.41. The van der Waals surface area contributed by atoms with Crippen LogP contribution < -0.4 is 0 Å². The molecule has 0 aliphatic heterocycles. The molecule has 0 radical (unpaired) electrons. The van der Waals surface area contributed by atoms with Crippen molar-refractivity contribution in [3.63, 3.8) is 0 Å². The van der Waals surface area contributed by atoms with Gasteiger partial charge in [0.05, 0.1) is 0 Å². The first-order valence-electron chi connectivity index (χ1n) is 3.58. The van der Waals surface area contributed by atoms with E-state index in [1.54, 1.807) is 0 Å². The molecule has 0 saturated carbocycles. The Labute approximate surface area is 82.7 Å². The van der Waals surface area contributed by atoms with Crippen molar-refractivity contribution in [3.8, 4) is 0 Å². The van der Waals surface area contributed by atoms with E-state index in [9.17, 15) is 18.0 Å². The van der Waals surface area contributed by atoms with E-state index in [0.717, 1.165) is 6.07 Å². The second-order valence-electron chi connectivity index (χ2n) is 2.60. The highest BCUT2D eigenvalue weighted by Crippen LogP contribution is 2.22. The first-order chi connectivity index (χ1) is 6.43. The summed E-state index contributed by atoms with van der Waals surface area (Å²) < 4.78 is 37.5. The monoisotopic (exact) mass is 223 g/mol. The molecule has 0 amide bonds. The molecule has 0 saturated heterocycles. The van der Waals surface area contributed by atoms with E-state index in [4.69, 9.17) is 11.6 Å². The van der Waals surface area contributed by atoms with Gasteiger partial charge in [0.15, 0.2) is 11.5 Å². The highest BCUT2D eigenvalue weighted by Gasteiger charge is 2.19. The fraction of sp³-hybridized carbons (Fsp3) is 0.250. The van der Waals surface area contributed by atoms with Crippen LogP contribution in [-0.4, -0.2) is 10.2 Å². The highest BCUT2D eigenvalue weighted by atomic mass is 35.5. The fourth-order valence-electron chi connectivity index (χ4n) is 0.953. The van der Waals surface area contributed by atoms with Gasteiger partial charge in [0.1, 0.15) is 5.69 Å². The zero-order valence-corrected chi connectivity index (χ0v) is 7.78. The van der Waals surface area contributed by atoms with Crippen LogP contribution in [0.15, 0.2) is 6.07 Å². The second kappa shape index (κ2) is 3.96. The van der Waals surface area contributed by atoms with Crippen LogP contribution in [0.2, 0.25) is 0 Å². The molecule has 2 nitrogen and oxygen atoms in total. The number of nitrogens with zero attached hydrogens (tertiary/aromatic N) is 1. The molecule has 0 unspecified atom stereocenters. The smallest absolute Gasteiger partial charge is 0.274 e. The molecule has 6 heteroatoms. The number of hydrogen-bond acceptors (Lipinski definition) is 2. The molecule has 1 rings (SSSR count). The van der Waals surface area contributed by atoms with Crippen molar-refractivity contribution in [3.05, 3.63) is 28.8 Å². The van der Waals surface area contributed by atoms with E-state index < -0.39 is 28.9 Å². The van der Waals surface area contributed by atoms with Crippen LogP contribution in [0.4, 0.5) is 13.2 Å². The topological polar surface area (TPSA) is 30.0 Å². The average Bonchev–Trinajstić information content (AvgIpc) is 2.02. The van der Waals surface area contributed by atoms with Gasteiger partial charge in [-0.15, -0.1) is 0 Å². The number of aromatic nitrogens is 1. The number of carbonyl (C=O) groups is 1. The first kappa shape index (κ1) is 11.0. The molecule has 76 valence electrons. The molecule has 0 aromatic carbocycles. The molecule has 0 aliphatic carbocycles. The maximum absolute atomic E-state index is 12.9. The SMILES string of the molecule is Cc1cc(F)c(C(=O)Cl)nc1C(F)F. The molecule has 0 atom stereocenters. The van der Waals surface area contributed by atoms with E-state index in [1.165, 1.54) is 6.92 Å². The van der Waals surface area contributed by atoms with Gasteiger partial charge in [0.25, 0.3) is 11.7 Å². The van der Waals surface area contributed by atoms with Crippen LogP contribution >= 0.6 is 11.6 Å². The van der Waals surface area contributed by atoms with Crippen molar-refractivity contribution in [1.82, 2.24) is 4.98 Å². The van der Waals surface area contributed by atoms with Crippen molar-refractivity contribution in [2.75, 3.05) is 0 Å². The van der Waals surface area contributed by atoms with Crippen molar-refractivity contribution in [1.29, 1.82) is 0 Å². The highest BCUT2D eigenvalue weighted by molar-refractivity contribution is 6.67. The summed E-state index contributed by atoms with van der Waals surface area (Å²) in [6.07, 6.45) is -2.86. The van der Waals surface area contributed by atoms with Gasteiger partial charge in [-0.3, -0.25) is 4.79 Å². The Bertz CT molecular complexity index is 381. The number of hydrogen-bond donors (Lipinski definition) is 0. The molecule has 0 N–H and O–H groups in total. The number of aryl methyl sites for hydroxylation is 1. The number of rotatable bonds is 2. The molecule has 0 spiro atoms. The van der Waals surface area contributed by atoms with Gasteiger partial charge in [-0.2, -0.15) is 0 Å². The van der Waals surface area contributed by atoms with E-state index in [-0.39, 0.29) is 5.56 Å². The van der Waals surface area contributed by atoms with Crippen LogP contribution in [0, 0.1) is 12.7 Å². The normalized spacial score (nSPS) is 10.7. The first-order valence-corrected chi connectivity index (χ1v) is 3.96.